The van der Waals surface area contributed by atoms with E-state index in [0.29, 0.717) is 29.8 Å². The zero-order valence-corrected chi connectivity index (χ0v) is 20.1. The molecule has 0 spiro atoms. The van der Waals surface area contributed by atoms with E-state index in [1.165, 1.54) is 38.0 Å². The molecule has 0 aliphatic carbocycles. The van der Waals surface area contributed by atoms with Gasteiger partial charge in [-0.1, -0.05) is 24.8 Å². The SMILES string of the molecule is CCOc1ccc(OCC(=O)N2CC(C)SC2=Nc2cccc(S(=O)(=O)N(C)C)c2)cc1. The van der Waals surface area contributed by atoms with E-state index in [0.717, 1.165) is 10.1 Å². The van der Waals surface area contributed by atoms with E-state index >= 15 is 0 Å². The number of thioether (sulfide) groups is 1. The number of hydrogen-bond donors (Lipinski definition) is 0. The van der Waals surface area contributed by atoms with Crippen molar-refractivity contribution in [1.29, 1.82) is 0 Å². The van der Waals surface area contributed by atoms with E-state index in [4.69, 9.17) is 9.47 Å². The second kappa shape index (κ2) is 10.4. The third-order valence-electron chi connectivity index (χ3n) is 4.60. The quantitative estimate of drug-likeness (QED) is 0.579. The van der Waals surface area contributed by atoms with Crippen molar-refractivity contribution in [3.63, 3.8) is 0 Å². The largest absolute Gasteiger partial charge is 0.494 e. The molecule has 0 radical (unpaired) electrons. The van der Waals surface area contributed by atoms with Crippen LogP contribution in [-0.2, 0) is 14.8 Å². The van der Waals surface area contributed by atoms with Gasteiger partial charge in [-0.3, -0.25) is 9.69 Å². The summed E-state index contributed by atoms with van der Waals surface area (Å²) in [5.74, 6) is 1.09. The highest BCUT2D eigenvalue weighted by Crippen LogP contribution is 2.29. The van der Waals surface area contributed by atoms with Crippen molar-refractivity contribution in [3.05, 3.63) is 48.5 Å². The van der Waals surface area contributed by atoms with Crippen molar-refractivity contribution < 1.29 is 22.7 Å². The van der Waals surface area contributed by atoms with E-state index in [-0.39, 0.29) is 22.7 Å². The normalized spacial score (nSPS) is 17.7. The van der Waals surface area contributed by atoms with Crippen LogP contribution in [0.3, 0.4) is 0 Å². The molecule has 1 heterocycles. The molecule has 1 saturated heterocycles. The molecule has 2 aromatic rings. The van der Waals surface area contributed by atoms with Crippen LogP contribution in [0.4, 0.5) is 5.69 Å². The third-order valence-corrected chi connectivity index (χ3v) is 7.48. The Kier molecular flexibility index (Phi) is 7.81. The number of ether oxygens (including phenoxy) is 2. The summed E-state index contributed by atoms with van der Waals surface area (Å²) in [7, 11) is -0.613. The smallest absolute Gasteiger partial charge is 0.266 e. The van der Waals surface area contributed by atoms with Crippen LogP contribution in [0, 0.1) is 0 Å². The number of carbonyl (C=O) groups excluding carboxylic acids is 1. The Morgan fingerprint density at radius 3 is 2.44 bits per heavy atom. The van der Waals surface area contributed by atoms with Gasteiger partial charge in [0.05, 0.1) is 17.2 Å². The van der Waals surface area contributed by atoms with Gasteiger partial charge in [0.15, 0.2) is 11.8 Å². The number of nitrogens with zero attached hydrogens (tertiary/aromatic N) is 3. The third kappa shape index (κ3) is 5.81. The summed E-state index contributed by atoms with van der Waals surface area (Å²) in [6.45, 7) is 4.87. The van der Waals surface area contributed by atoms with Crippen LogP contribution >= 0.6 is 11.8 Å². The number of carbonyl (C=O) groups is 1. The molecule has 32 heavy (non-hydrogen) atoms. The van der Waals surface area contributed by atoms with Gasteiger partial charge in [-0.25, -0.2) is 17.7 Å². The average Bonchev–Trinajstić information content (AvgIpc) is 3.13. The molecule has 1 amide bonds. The summed E-state index contributed by atoms with van der Waals surface area (Å²) in [6.07, 6.45) is 0. The molecule has 0 saturated carbocycles. The topological polar surface area (TPSA) is 88.5 Å². The molecule has 10 heteroatoms. The summed E-state index contributed by atoms with van der Waals surface area (Å²) in [5.41, 5.74) is 0.467. The second-order valence-electron chi connectivity index (χ2n) is 7.31. The van der Waals surface area contributed by atoms with Gasteiger partial charge in [0.1, 0.15) is 11.5 Å². The first-order chi connectivity index (χ1) is 15.2. The van der Waals surface area contributed by atoms with Crippen LogP contribution in [0.1, 0.15) is 13.8 Å². The van der Waals surface area contributed by atoms with Gasteiger partial charge in [0.25, 0.3) is 5.91 Å². The Labute approximate surface area is 193 Å². The number of rotatable bonds is 8. The van der Waals surface area contributed by atoms with E-state index in [2.05, 4.69) is 4.99 Å². The molecule has 1 atom stereocenters. The zero-order valence-electron chi connectivity index (χ0n) is 18.5. The van der Waals surface area contributed by atoms with Crippen LogP contribution in [0.15, 0.2) is 58.4 Å². The van der Waals surface area contributed by atoms with Crippen molar-refractivity contribution in [2.24, 2.45) is 4.99 Å². The molecule has 1 aliphatic rings. The highest BCUT2D eigenvalue weighted by atomic mass is 32.2. The first kappa shape index (κ1) is 24.1. The lowest BCUT2D eigenvalue weighted by molar-refractivity contribution is -0.129. The fourth-order valence-electron chi connectivity index (χ4n) is 2.97. The molecule has 1 aliphatic heterocycles. The number of amides is 1. The molecule has 0 aromatic heterocycles. The Morgan fingerprint density at radius 1 is 1.16 bits per heavy atom. The van der Waals surface area contributed by atoms with Crippen LogP contribution in [0.5, 0.6) is 11.5 Å². The summed E-state index contributed by atoms with van der Waals surface area (Å²) < 4.78 is 37.0. The molecule has 1 fully saturated rings. The molecule has 3 rings (SSSR count). The van der Waals surface area contributed by atoms with E-state index in [1.807, 2.05) is 13.8 Å². The molecule has 172 valence electrons. The van der Waals surface area contributed by atoms with Gasteiger partial charge < -0.3 is 9.47 Å². The summed E-state index contributed by atoms with van der Waals surface area (Å²) in [5, 5.41) is 0.689. The van der Waals surface area contributed by atoms with Gasteiger partial charge >= 0.3 is 0 Å². The lowest BCUT2D eigenvalue weighted by atomic mass is 10.3. The van der Waals surface area contributed by atoms with Crippen LogP contribution < -0.4 is 9.47 Å². The van der Waals surface area contributed by atoms with E-state index < -0.39 is 10.0 Å². The highest BCUT2D eigenvalue weighted by Gasteiger charge is 2.31. The maximum atomic E-state index is 12.8. The Bertz CT molecular complexity index is 1090. The molecule has 0 N–H and O–H groups in total. The van der Waals surface area contributed by atoms with Crippen molar-refractivity contribution in [3.8, 4) is 11.5 Å². The number of aliphatic imine (C=N–C) groups is 1. The standard InChI is InChI=1S/C22H27N3O5S2/c1-5-29-18-9-11-19(12-10-18)30-15-21(26)25-14-16(2)31-22(25)23-17-7-6-8-20(13-17)32(27,28)24(3)4/h6-13,16H,5,14-15H2,1-4H3. The number of sulfonamides is 1. The Morgan fingerprint density at radius 2 is 1.81 bits per heavy atom. The minimum Gasteiger partial charge on any atom is -0.494 e. The zero-order chi connectivity index (χ0) is 23.3. The van der Waals surface area contributed by atoms with Crippen molar-refractivity contribution in [2.75, 3.05) is 33.9 Å². The summed E-state index contributed by atoms with van der Waals surface area (Å²) in [4.78, 5) is 19.1. The first-order valence-corrected chi connectivity index (χ1v) is 12.5. The molecule has 1 unspecified atom stereocenters. The highest BCUT2D eigenvalue weighted by molar-refractivity contribution is 8.14. The van der Waals surface area contributed by atoms with Gasteiger partial charge in [0, 0.05) is 25.9 Å². The maximum Gasteiger partial charge on any atom is 0.266 e. The Balaban J connectivity index is 1.73. The van der Waals surface area contributed by atoms with Crippen LogP contribution in [0.25, 0.3) is 0 Å². The minimum absolute atomic E-state index is 0.130. The predicted octanol–water partition coefficient (Wildman–Crippen LogP) is 3.37. The second-order valence-corrected chi connectivity index (χ2v) is 10.9. The fraction of sp³-hybridized carbons (Fsp3) is 0.364. The lowest BCUT2D eigenvalue weighted by Gasteiger charge is -2.17. The lowest BCUT2D eigenvalue weighted by Crippen LogP contribution is -2.36. The Hall–Kier alpha value is -2.56. The molecule has 8 nitrogen and oxygen atoms in total. The van der Waals surface area contributed by atoms with Crippen LogP contribution in [-0.4, -0.2) is 67.8 Å². The van der Waals surface area contributed by atoms with Gasteiger partial charge in [-0.2, -0.15) is 0 Å². The minimum atomic E-state index is -3.57. The van der Waals surface area contributed by atoms with Crippen molar-refractivity contribution in [1.82, 2.24) is 9.21 Å². The molecule has 0 bridgehead atoms. The van der Waals surface area contributed by atoms with Gasteiger partial charge in [-0.05, 0) is 49.4 Å². The fourth-order valence-corrected chi connectivity index (χ4v) is 4.95. The van der Waals surface area contributed by atoms with Crippen LogP contribution in [0.2, 0.25) is 0 Å². The first-order valence-electron chi connectivity index (χ1n) is 10.1. The maximum absolute atomic E-state index is 12.8. The predicted molar refractivity (Wildman–Crippen MR) is 126 cm³/mol. The summed E-state index contributed by atoms with van der Waals surface area (Å²) >= 11 is 1.47. The molecule has 2 aromatic carbocycles. The number of benzene rings is 2. The monoisotopic (exact) mass is 477 g/mol. The van der Waals surface area contributed by atoms with Crippen molar-refractivity contribution >= 4 is 38.5 Å². The van der Waals surface area contributed by atoms with Crippen molar-refractivity contribution in [2.45, 2.75) is 24.0 Å². The number of amidine groups is 1. The average molecular weight is 478 g/mol. The summed E-state index contributed by atoms with van der Waals surface area (Å²) in [6, 6.07) is 13.5. The van der Waals surface area contributed by atoms with E-state index in [1.54, 1.807) is 41.3 Å². The number of hydrogen-bond acceptors (Lipinski definition) is 7. The molecular weight excluding hydrogens is 450 g/mol. The van der Waals surface area contributed by atoms with Gasteiger partial charge in [-0.15, -0.1) is 0 Å². The van der Waals surface area contributed by atoms with Gasteiger partial charge in [0.2, 0.25) is 10.0 Å². The van der Waals surface area contributed by atoms with E-state index in [9.17, 15) is 13.2 Å². The molecular formula is C22H27N3O5S2.